The van der Waals surface area contributed by atoms with Crippen LogP contribution in [0.3, 0.4) is 0 Å². The van der Waals surface area contributed by atoms with Crippen molar-refractivity contribution in [2.75, 3.05) is 13.1 Å². The van der Waals surface area contributed by atoms with E-state index in [1.807, 2.05) is 30.3 Å². The summed E-state index contributed by atoms with van der Waals surface area (Å²) in [7, 11) is 0. The molecule has 1 spiro atoms. The van der Waals surface area contributed by atoms with Crippen molar-refractivity contribution in [1.82, 2.24) is 4.90 Å². The summed E-state index contributed by atoms with van der Waals surface area (Å²) in [5, 5.41) is 0. The molecule has 4 heteroatoms. The van der Waals surface area contributed by atoms with E-state index >= 15 is 0 Å². The highest BCUT2D eigenvalue weighted by molar-refractivity contribution is 5.94. The minimum absolute atomic E-state index is 0.194. The lowest BCUT2D eigenvalue weighted by Crippen LogP contribution is -2.29. The minimum Gasteiger partial charge on any atom is -0.445 e. The van der Waals surface area contributed by atoms with E-state index in [1.54, 1.807) is 0 Å². The van der Waals surface area contributed by atoms with Crippen molar-refractivity contribution >= 4 is 11.9 Å². The maximum atomic E-state index is 11.8. The quantitative estimate of drug-likeness (QED) is 0.800. The van der Waals surface area contributed by atoms with Crippen molar-refractivity contribution in [3.63, 3.8) is 0 Å². The summed E-state index contributed by atoms with van der Waals surface area (Å²) in [6.45, 7) is 1.02. The van der Waals surface area contributed by atoms with Crippen LogP contribution in [0.25, 0.3) is 0 Å². The van der Waals surface area contributed by atoms with Crippen LogP contribution in [0.4, 0.5) is 4.79 Å². The molecule has 3 rings (SSSR count). The molecule has 0 aromatic heterocycles. The molecule has 2 aliphatic rings. The molecule has 1 saturated carbocycles. The molecule has 0 bridgehead atoms. The molecule has 1 aromatic rings. The van der Waals surface area contributed by atoms with Crippen molar-refractivity contribution in [1.29, 1.82) is 0 Å². The molecule has 0 atom stereocenters. The monoisotopic (exact) mass is 245 g/mol. The first-order valence-electron chi connectivity index (χ1n) is 6.19. The molecule has 1 saturated heterocycles. The lowest BCUT2D eigenvalue weighted by atomic mass is 10.1. The van der Waals surface area contributed by atoms with Crippen LogP contribution < -0.4 is 0 Å². The van der Waals surface area contributed by atoms with Crippen LogP contribution in [0.2, 0.25) is 0 Å². The van der Waals surface area contributed by atoms with Crippen molar-refractivity contribution in [3.05, 3.63) is 35.9 Å². The molecule has 1 aliphatic carbocycles. The zero-order valence-corrected chi connectivity index (χ0v) is 10.1. The van der Waals surface area contributed by atoms with Crippen LogP contribution in [0, 0.1) is 5.41 Å². The molecule has 1 aromatic carbocycles. The van der Waals surface area contributed by atoms with Gasteiger partial charge < -0.3 is 4.74 Å². The Labute approximate surface area is 106 Å². The number of likely N-dealkylation sites (tertiary alicyclic amines) is 1. The molecule has 1 amide bonds. The van der Waals surface area contributed by atoms with Crippen LogP contribution in [-0.2, 0) is 16.1 Å². The van der Waals surface area contributed by atoms with E-state index in [0.717, 1.165) is 18.4 Å². The topological polar surface area (TPSA) is 46.6 Å². The third-order valence-electron chi connectivity index (χ3n) is 3.74. The summed E-state index contributed by atoms with van der Waals surface area (Å²) < 4.78 is 5.22. The highest BCUT2D eigenvalue weighted by Gasteiger charge is 2.56. The Balaban J connectivity index is 1.55. The molecule has 1 heterocycles. The van der Waals surface area contributed by atoms with Gasteiger partial charge in [-0.1, -0.05) is 30.3 Å². The second kappa shape index (κ2) is 4.12. The molecular weight excluding hydrogens is 230 g/mol. The molecule has 4 nitrogen and oxygen atoms in total. The standard InChI is InChI=1S/C14H15NO3/c16-12-8-15(10-14(12)6-7-14)13(17)18-9-11-4-2-1-3-5-11/h1-5H,6-10H2. The lowest BCUT2D eigenvalue weighted by molar-refractivity contribution is -0.120. The summed E-state index contributed by atoms with van der Waals surface area (Å²) in [4.78, 5) is 25.1. The Morgan fingerprint density at radius 1 is 1.28 bits per heavy atom. The summed E-state index contributed by atoms with van der Waals surface area (Å²) >= 11 is 0. The zero-order chi connectivity index (χ0) is 12.6. The van der Waals surface area contributed by atoms with Gasteiger partial charge in [-0.05, 0) is 18.4 Å². The number of amides is 1. The SMILES string of the molecule is O=C(OCc1ccccc1)N1CC(=O)C2(CC2)C1. The average molecular weight is 245 g/mol. The number of ketones is 1. The Kier molecular flexibility index (Phi) is 2.58. The van der Waals surface area contributed by atoms with Crippen LogP contribution >= 0.6 is 0 Å². The van der Waals surface area contributed by atoms with Gasteiger partial charge in [0.2, 0.25) is 0 Å². The van der Waals surface area contributed by atoms with E-state index in [4.69, 9.17) is 4.74 Å². The Bertz CT molecular complexity index is 479. The first-order valence-corrected chi connectivity index (χ1v) is 6.19. The van der Waals surface area contributed by atoms with Gasteiger partial charge in [0.1, 0.15) is 6.61 Å². The van der Waals surface area contributed by atoms with Crippen LogP contribution in [0.15, 0.2) is 30.3 Å². The highest BCUT2D eigenvalue weighted by atomic mass is 16.6. The van der Waals surface area contributed by atoms with Gasteiger partial charge in [-0.3, -0.25) is 9.69 Å². The van der Waals surface area contributed by atoms with Crippen molar-refractivity contribution in [2.24, 2.45) is 5.41 Å². The van der Waals surface area contributed by atoms with Crippen molar-refractivity contribution in [2.45, 2.75) is 19.4 Å². The van der Waals surface area contributed by atoms with Crippen molar-refractivity contribution < 1.29 is 14.3 Å². The third-order valence-corrected chi connectivity index (χ3v) is 3.74. The lowest BCUT2D eigenvalue weighted by Gasteiger charge is -2.15. The second-order valence-corrected chi connectivity index (χ2v) is 5.10. The molecule has 0 radical (unpaired) electrons. The summed E-state index contributed by atoms with van der Waals surface area (Å²) in [6.07, 6.45) is 1.47. The Hall–Kier alpha value is -1.84. The van der Waals surface area contributed by atoms with Gasteiger partial charge in [0.25, 0.3) is 0 Å². The Morgan fingerprint density at radius 3 is 2.61 bits per heavy atom. The molecule has 94 valence electrons. The first kappa shape index (κ1) is 11.3. The van der Waals surface area contributed by atoms with Gasteiger partial charge in [-0.2, -0.15) is 0 Å². The number of Topliss-reactive ketones (excluding diaryl/α,β-unsaturated/α-hetero) is 1. The van der Waals surface area contributed by atoms with Gasteiger partial charge in [0.05, 0.1) is 6.54 Å². The second-order valence-electron chi connectivity index (χ2n) is 5.10. The van der Waals surface area contributed by atoms with E-state index in [0.29, 0.717) is 6.54 Å². The molecule has 0 N–H and O–H groups in total. The maximum Gasteiger partial charge on any atom is 0.410 e. The maximum absolute atomic E-state index is 11.8. The minimum atomic E-state index is -0.379. The normalized spacial score (nSPS) is 20.2. The van der Waals surface area contributed by atoms with Gasteiger partial charge >= 0.3 is 6.09 Å². The Morgan fingerprint density at radius 2 is 2.00 bits per heavy atom. The molecule has 0 unspecified atom stereocenters. The van der Waals surface area contributed by atoms with Crippen LogP contribution in [-0.4, -0.2) is 29.9 Å². The first-order chi connectivity index (χ1) is 8.70. The number of ether oxygens (including phenoxy) is 1. The zero-order valence-electron chi connectivity index (χ0n) is 10.1. The van der Waals surface area contributed by atoms with Crippen LogP contribution in [0.5, 0.6) is 0 Å². The van der Waals surface area contributed by atoms with Gasteiger partial charge in [0.15, 0.2) is 5.78 Å². The number of hydrogen-bond acceptors (Lipinski definition) is 3. The predicted octanol–water partition coefficient (Wildman–Crippen LogP) is 1.99. The fraction of sp³-hybridized carbons (Fsp3) is 0.429. The van der Waals surface area contributed by atoms with Gasteiger partial charge in [0, 0.05) is 12.0 Å². The number of rotatable bonds is 2. The van der Waals surface area contributed by atoms with E-state index < -0.39 is 0 Å². The number of carbonyl (C=O) groups is 2. The average Bonchev–Trinajstić information content (AvgIpc) is 3.09. The predicted molar refractivity (Wildman–Crippen MR) is 64.9 cm³/mol. The van der Waals surface area contributed by atoms with Gasteiger partial charge in [-0.25, -0.2) is 4.79 Å². The molecule has 18 heavy (non-hydrogen) atoms. The number of nitrogens with zero attached hydrogens (tertiary/aromatic N) is 1. The number of carbonyl (C=O) groups excluding carboxylic acids is 2. The van der Waals surface area contributed by atoms with Crippen LogP contribution in [0.1, 0.15) is 18.4 Å². The smallest absolute Gasteiger partial charge is 0.410 e. The van der Waals surface area contributed by atoms with Crippen molar-refractivity contribution in [3.8, 4) is 0 Å². The summed E-state index contributed by atoms with van der Waals surface area (Å²) in [6, 6.07) is 9.54. The fourth-order valence-corrected chi connectivity index (χ4v) is 2.38. The molecule has 1 aliphatic heterocycles. The fourth-order valence-electron chi connectivity index (χ4n) is 2.38. The molecular formula is C14H15NO3. The summed E-state index contributed by atoms with van der Waals surface area (Å²) in [5.74, 6) is 0.194. The highest BCUT2D eigenvalue weighted by Crippen LogP contribution is 2.50. The van der Waals surface area contributed by atoms with E-state index in [1.165, 1.54) is 4.90 Å². The van der Waals surface area contributed by atoms with Gasteiger partial charge in [-0.15, -0.1) is 0 Å². The largest absolute Gasteiger partial charge is 0.445 e. The summed E-state index contributed by atoms with van der Waals surface area (Å²) in [5.41, 5.74) is 0.753. The number of hydrogen-bond donors (Lipinski definition) is 0. The molecule has 2 fully saturated rings. The van der Waals surface area contributed by atoms with E-state index in [-0.39, 0.29) is 30.4 Å². The van der Waals surface area contributed by atoms with E-state index in [2.05, 4.69) is 0 Å². The third kappa shape index (κ3) is 1.98. The van der Waals surface area contributed by atoms with E-state index in [9.17, 15) is 9.59 Å². The number of benzene rings is 1.